The monoisotopic (exact) mass is 386 g/mol. The van der Waals surface area contributed by atoms with Gasteiger partial charge in [-0.25, -0.2) is 0 Å². The van der Waals surface area contributed by atoms with Crippen LogP contribution in [0.1, 0.15) is 22.5 Å². The summed E-state index contributed by atoms with van der Waals surface area (Å²) in [5.74, 6) is -0.197. The number of rotatable bonds is 6. The zero-order valence-corrected chi connectivity index (χ0v) is 16.2. The van der Waals surface area contributed by atoms with Crippen molar-refractivity contribution < 1.29 is 4.79 Å². The summed E-state index contributed by atoms with van der Waals surface area (Å²) >= 11 is 0. The standard InChI is InChI=1S/C23H22N4O2/c1-17-20-10-5-6-11-21(20)25-27(17)15-7-14-24-23(29)18-12-13-22(28)26(16-18)19-8-3-2-4-9-19/h2-6,8-13,16H,7,14-15H2,1H3,(H,24,29). The molecule has 0 radical (unpaired) electrons. The number of nitrogens with zero attached hydrogens (tertiary/aromatic N) is 3. The first-order valence-corrected chi connectivity index (χ1v) is 9.62. The minimum atomic E-state index is -0.197. The molecular weight excluding hydrogens is 364 g/mol. The van der Waals surface area contributed by atoms with Crippen LogP contribution < -0.4 is 10.9 Å². The van der Waals surface area contributed by atoms with Crippen molar-refractivity contribution in [3.63, 3.8) is 0 Å². The highest BCUT2D eigenvalue weighted by atomic mass is 16.2. The van der Waals surface area contributed by atoms with Gasteiger partial charge in [0.05, 0.1) is 11.1 Å². The van der Waals surface area contributed by atoms with Crippen LogP contribution in [0.25, 0.3) is 16.6 Å². The second kappa shape index (κ2) is 8.14. The number of aromatic nitrogens is 3. The van der Waals surface area contributed by atoms with Gasteiger partial charge in [-0.1, -0.05) is 36.4 Å². The third kappa shape index (κ3) is 3.96. The Bertz CT molecular complexity index is 1210. The zero-order valence-electron chi connectivity index (χ0n) is 16.2. The second-order valence-electron chi connectivity index (χ2n) is 6.90. The first-order chi connectivity index (χ1) is 14.1. The molecule has 0 spiro atoms. The van der Waals surface area contributed by atoms with Crippen LogP contribution in [0.15, 0.2) is 77.7 Å². The molecule has 0 saturated carbocycles. The van der Waals surface area contributed by atoms with E-state index in [0.717, 1.165) is 35.2 Å². The molecule has 2 aromatic carbocycles. The highest BCUT2D eigenvalue weighted by molar-refractivity contribution is 5.93. The molecule has 4 rings (SSSR count). The lowest BCUT2D eigenvalue weighted by atomic mass is 10.2. The van der Waals surface area contributed by atoms with Crippen molar-refractivity contribution in [2.45, 2.75) is 19.9 Å². The Morgan fingerprint density at radius 3 is 2.55 bits per heavy atom. The number of amides is 1. The Balaban J connectivity index is 1.39. The average Bonchev–Trinajstić information content (AvgIpc) is 3.08. The van der Waals surface area contributed by atoms with Crippen LogP contribution in [0.2, 0.25) is 0 Å². The van der Waals surface area contributed by atoms with Gasteiger partial charge < -0.3 is 5.32 Å². The molecule has 0 aliphatic rings. The van der Waals surface area contributed by atoms with Gasteiger partial charge in [-0.3, -0.25) is 18.8 Å². The molecule has 146 valence electrons. The molecule has 2 aromatic heterocycles. The average molecular weight is 386 g/mol. The quantitative estimate of drug-likeness (QED) is 0.517. The van der Waals surface area contributed by atoms with Gasteiger partial charge in [0, 0.05) is 42.1 Å². The molecule has 0 fully saturated rings. The van der Waals surface area contributed by atoms with E-state index >= 15 is 0 Å². The van der Waals surface area contributed by atoms with E-state index in [2.05, 4.69) is 23.4 Å². The summed E-state index contributed by atoms with van der Waals surface area (Å²) < 4.78 is 3.46. The van der Waals surface area contributed by atoms with Crippen LogP contribution >= 0.6 is 0 Å². The van der Waals surface area contributed by atoms with Crippen molar-refractivity contribution in [2.24, 2.45) is 0 Å². The Morgan fingerprint density at radius 2 is 1.76 bits per heavy atom. The number of carbonyl (C=O) groups excluding carboxylic acids is 1. The van der Waals surface area contributed by atoms with Gasteiger partial charge in [-0.05, 0) is 37.6 Å². The van der Waals surface area contributed by atoms with E-state index in [0.29, 0.717) is 12.1 Å². The summed E-state index contributed by atoms with van der Waals surface area (Å²) in [6, 6.07) is 20.3. The van der Waals surface area contributed by atoms with Crippen LogP contribution in [0, 0.1) is 6.92 Å². The molecule has 0 saturated heterocycles. The number of para-hydroxylation sites is 1. The summed E-state index contributed by atoms with van der Waals surface area (Å²) in [4.78, 5) is 24.6. The normalized spacial score (nSPS) is 10.9. The van der Waals surface area contributed by atoms with E-state index in [1.54, 1.807) is 12.3 Å². The fourth-order valence-electron chi connectivity index (χ4n) is 3.37. The summed E-state index contributed by atoms with van der Waals surface area (Å²) in [5, 5.41) is 8.69. The van der Waals surface area contributed by atoms with Gasteiger partial charge in [-0.15, -0.1) is 0 Å². The largest absolute Gasteiger partial charge is 0.352 e. The number of hydrogen-bond donors (Lipinski definition) is 1. The number of aryl methyl sites for hydroxylation is 2. The molecule has 0 unspecified atom stereocenters. The van der Waals surface area contributed by atoms with Crippen molar-refractivity contribution in [3.05, 3.63) is 94.5 Å². The Labute approximate surface area is 168 Å². The van der Waals surface area contributed by atoms with Gasteiger partial charge in [0.1, 0.15) is 0 Å². The number of benzene rings is 2. The van der Waals surface area contributed by atoms with E-state index in [-0.39, 0.29) is 11.5 Å². The van der Waals surface area contributed by atoms with Crippen molar-refractivity contribution >= 4 is 16.8 Å². The number of hydrogen-bond acceptors (Lipinski definition) is 3. The van der Waals surface area contributed by atoms with Gasteiger partial charge in [-0.2, -0.15) is 5.10 Å². The highest BCUT2D eigenvalue weighted by Gasteiger charge is 2.09. The summed E-state index contributed by atoms with van der Waals surface area (Å²) in [6.45, 7) is 3.31. The zero-order chi connectivity index (χ0) is 20.2. The van der Waals surface area contributed by atoms with Crippen LogP contribution in [-0.4, -0.2) is 26.8 Å². The molecule has 29 heavy (non-hydrogen) atoms. The third-order valence-corrected chi connectivity index (χ3v) is 4.95. The molecule has 0 aliphatic heterocycles. The predicted molar refractivity (Wildman–Crippen MR) is 113 cm³/mol. The van der Waals surface area contributed by atoms with E-state index in [9.17, 15) is 9.59 Å². The minimum absolute atomic E-state index is 0.172. The number of carbonyl (C=O) groups is 1. The maximum absolute atomic E-state index is 12.5. The molecule has 6 nitrogen and oxygen atoms in total. The van der Waals surface area contributed by atoms with Gasteiger partial charge in [0.25, 0.3) is 11.5 Å². The SMILES string of the molecule is Cc1c2ccccc2nn1CCCNC(=O)c1ccc(=O)n(-c2ccccc2)c1. The van der Waals surface area contributed by atoms with Crippen LogP contribution in [-0.2, 0) is 6.54 Å². The topological polar surface area (TPSA) is 68.9 Å². The molecule has 0 aliphatic carbocycles. The predicted octanol–water partition coefficient (Wildman–Crippen LogP) is 3.32. The maximum atomic E-state index is 12.5. The van der Waals surface area contributed by atoms with E-state index in [1.165, 1.54) is 10.6 Å². The maximum Gasteiger partial charge on any atom is 0.255 e. The Morgan fingerprint density at radius 1 is 1.00 bits per heavy atom. The first kappa shape index (κ1) is 18.7. The van der Waals surface area contributed by atoms with Gasteiger partial charge in [0.2, 0.25) is 0 Å². The smallest absolute Gasteiger partial charge is 0.255 e. The van der Waals surface area contributed by atoms with Crippen LogP contribution in [0.3, 0.4) is 0 Å². The van der Waals surface area contributed by atoms with Crippen molar-refractivity contribution in [1.29, 1.82) is 0 Å². The van der Waals surface area contributed by atoms with E-state index in [4.69, 9.17) is 0 Å². The van der Waals surface area contributed by atoms with E-state index in [1.807, 2.05) is 53.2 Å². The van der Waals surface area contributed by atoms with Crippen LogP contribution in [0.5, 0.6) is 0 Å². The lowest BCUT2D eigenvalue weighted by molar-refractivity contribution is 0.0952. The van der Waals surface area contributed by atoms with Gasteiger partial charge >= 0.3 is 0 Å². The van der Waals surface area contributed by atoms with Crippen molar-refractivity contribution in [3.8, 4) is 5.69 Å². The summed E-state index contributed by atoms with van der Waals surface area (Å²) in [7, 11) is 0. The number of nitrogens with one attached hydrogen (secondary N) is 1. The lowest BCUT2D eigenvalue weighted by Gasteiger charge is -2.09. The Kier molecular flexibility index (Phi) is 5.24. The van der Waals surface area contributed by atoms with E-state index < -0.39 is 0 Å². The first-order valence-electron chi connectivity index (χ1n) is 9.62. The highest BCUT2D eigenvalue weighted by Crippen LogP contribution is 2.17. The molecule has 4 aromatic rings. The number of pyridine rings is 1. The van der Waals surface area contributed by atoms with Crippen molar-refractivity contribution in [1.82, 2.24) is 19.7 Å². The summed E-state index contributed by atoms with van der Waals surface area (Å²) in [5.41, 5.74) is 3.12. The Hall–Kier alpha value is -3.67. The molecule has 6 heteroatoms. The van der Waals surface area contributed by atoms with Crippen LogP contribution in [0.4, 0.5) is 0 Å². The molecule has 1 amide bonds. The number of fused-ring (bicyclic) bond motifs is 1. The molecule has 0 atom stereocenters. The minimum Gasteiger partial charge on any atom is -0.352 e. The third-order valence-electron chi connectivity index (χ3n) is 4.95. The fourth-order valence-corrected chi connectivity index (χ4v) is 3.37. The second-order valence-corrected chi connectivity index (χ2v) is 6.90. The molecular formula is C23H22N4O2. The van der Waals surface area contributed by atoms with Crippen molar-refractivity contribution in [2.75, 3.05) is 6.54 Å². The van der Waals surface area contributed by atoms with Gasteiger partial charge in [0.15, 0.2) is 0 Å². The molecule has 1 N–H and O–H groups in total. The summed E-state index contributed by atoms with van der Waals surface area (Å²) in [6.07, 6.45) is 2.34. The molecule has 2 heterocycles. The fraction of sp³-hybridized carbons (Fsp3) is 0.174. The lowest BCUT2D eigenvalue weighted by Crippen LogP contribution is -2.27. The molecule has 0 bridgehead atoms.